The second-order valence-corrected chi connectivity index (χ2v) is 31.7. The fourth-order valence-electron chi connectivity index (χ4n) is 23.3. The largest absolute Gasteiger partial charge is 0.375 e. The van der Waals surface area contributed by atoms with Crippen LogP contribution in [-0.2, 0) is 27.1 Å². The monoisotopic (exact) mass is 1030 g/mol. The van der Waals surface area contributed by atoms with Crippen LogP contribution in [0.5, 0.6) is 0 Å². The first-order valence-corrected chi connectivity index (χ1v) is 32.7. The van der Waals surface area contributed by atoms with Crippen LogP contribution in [0, 0.1) is 109 Å². The Morgan fingerprint density at radius 3 is 1.44 bits per heavy atom. The number of H-pyrrole nitrogens is 1. The first kappa shape index (κ1) is 55.3. The molecule has 12 aliphatic rings. The third-order valence-electron chi connectivity index (χ3n) is 27.2. The zero-order valence-corrected chi connectivity index (χ0v) is 50.7. The van der Waals surface area contributed by atoms with E-state index in [1.807, 2.05) is 0 Å². The van der Waals surface area contributed by atoms with Gasteiger partial charge >= 0.3 is 0 Å². The molecule has 10 fully saturated rings. The smallest absolute Gasteiger partial charge is 0.0635 e. The number of hydrogen-bond acceptors (Lipinski definition) is 3. The Labute approximate surface area is 460 Å². The SMILES string of the molecule is C=C1C=C[C@@]2(C)[C@@H](CC[C@@H]3[C@@H]2CC[C@]2(C)[C@@H](OC(C)C)CC[C@@H]32)C1.C=C1C[C@@H]2CC[C@@H]3[C@H](CC[C@]4(C)[C@@H](OC(C)C)CC[C@@H]34)[C@@]2(C)C[C@H]1C.CC(C)O[C@H]1CC[C@H]2[C@@H]3CC[C@H]4Cc5[nH]ccc5C[C@]4(C)[C@H]3CC[C@]12C. The molecule has 0 spiro atoms. The van der Waals surface area contributed by atoms with E-state index in [9.17, 15) is 0 Å². The molecule has 0 bridgehead atoms. The highest BCUT2D eigenvalue weighted by Crippen LogP contribution is 2.70. The van der Waals surface area contributed by atoms with Crippen LogP contribution in [0.1, 0.15) is 236 Å². The van der Waals surface area contributed by atoms with Crippen molar-refractivity contribution in [2.75, 3.05) is 0 Å². The standard InChI is InChI=1S/C24H37NO.C24H40O.C23H36O/c1-15(2)26-22-8-7-19-18-6-5-17-13-21-16(10-12-25-21)14-24(17,4)20(18)9-11-23(19,22)3;1-15(2)25-22-10-9-20-19-8-7-18-13-16(3)17(4)14-24(18,6)21(19)11-12-23(20,22)5;1-15(2)24-21-9-8-19-18-7-6-17-14-16(3)10-12-22(17,4)20(18)11-13-23(19,21)5/h10,12,15,17-20,22,25H,5-9,11,13-14H2,1-4H3;15,17-22H,3,7-14H2,1-2,4-6H3;10,12,15,17-21H,3,6-9,11,13-14H2,1-2,4-5H3/t17-,18-,19-,20-,22-,23-,24-;17-,18+,19+,20+,21+,22+,23+,24+;17-,18-,19-,20-,21-,22-,23-/m010/s1. The molecule has 13 rings (SSSR count). The Balaban J connectivity index is 0.000000121. The minimum Gasteiger partial charge on any atom is -0.375 e. The van der Waals surface area contributed by atoms with Crippen molar-refractivity contribution in [3.05, 3.63) is 60.0 Å². The summed E-state index contributed by atoms with van der Waals surface area (Å²) in [6.07, 6.45) is 41.4. The van der Waals surface area contributed by atoms with E-state index in [-0.39, 0.29) is 0 Å². The molecule has 4 heteroatoms. The Kier molecular flexibility index (Phi) is 15.1. The molecule has 75 heavy (non-hydrogen) atoms. The highest BCUT2D eigenvalue weighted by molar-refractivity contribution is 5.29. The Morgan fingerprint density at radius 1 is 0.493 bits per heavy atom. The number of hydrogen-bond donors (Lipinski definition) is 1. The molecule has 12 aliphatic carbocycles. The highest BCUT2D eigenvalue weighted by Gasteiger charge is 2.64. The quantitative estimate of drug-likeness (QED) is 0.289. The van der Waals surface area contributed by atoms with E-state index in [1.165, 1.54) is 165 Å². The van der Waals surface area contributed by atoms with Crippen molar-refractivity contribution in [3.63, 3.8) is 0 Å². The third kappa shape index (κ3) is 9.30. The van der Waals surface area contributed by atoms with Gasteiger partial charge in [-0.2, -0.15) is 0 Å². The van der Waals surface area contributed by atoms with Gasteiger partial charge in [-0.1, -0.05) is 84.9 Å². The van der Waals surface area contributed by atoms with E-state index in [1.54, 1.807) is 5.56 Å². The van der Waals surface area contributed by atoms with Crippen molar-refractivity contribution in [2.45, 2.75) is 274 Å². The van der Waals surface area contributed by atoms with Crippen molar-refractivity contribution in [2.24, 2.45) is 109 Å². The van der Waals surface area contributed by atoms with Gasteiger partial charge in [-0.05, 0) is 310 Å². The summed E-state index contributed by atoms with van der Waals surface area (Å²) in [5.74, 6) is 11.7. The number of aromatic nitrogens is 1. The number of nitrogens with one attached hydrogen (secondary N) is 1. The molecule has 1 heterocycles. The molecule has 0 saturated heterocycles. The molecular weight excluding hydrogens is 915 g/mol. The second-order valence-electron chi connectivity index (χ2n) is 31.7. The summed E-state index contributed by atoms with van der Waals surface area (Å²) in [5.41, 5.74) is 8.86. The molecule has 1 N–H and O–H groups in total. The lowest BCUT2D eigenvalue weighted by Gasteiger charge is -2.61. The van der Waals surface area contributed by atoms with Gasteiger partial charge in [0.05, 0.1) is 36.6 Å². The van der Waals surface area contributed by atoms with Crippen LogP contribution < -0.4 is 0 Å². The predicted octanol–water partition coefficient (Wildman–Crippen LogP) is 18.5. The predicted molar refractivity (Wildman–Crippen MR) is 312 cm³/mol. The summed E-state index contributed by atoms with van der Waals surface area (Å²) < 4.78 is 19.2. The first-order chi connectivity index (χ1) is 35.5. The maximum absolute atomic E-state index is 6.43. The summed E-state index contributed by atoms with van der Waals surface area (Å²) in [6, 6.07) is 2.36. The molecule has 22 atom stereocenters. The lowest BCUT2D eigenvalue weighted by Crippen LogP contribution is -2.55. The Hall–Kier alpha value is -1.62. The van der Waals surface area contributed by atoms with Crippen LogP contribution in [0.15, 0.2) is 48.7 Å². The highest BCUT2D eigenvalue weighted by atomic mass is 16.5. The zero-order valence-electron chi connectivity index (χ0n) is 50.7. The maximum Gasteiger partial charge on any atom is 0.0635 e. The van der Waals surface area contributed by atoms with Crippen molar-refractivity contribution in [1.29, 1.82) is 0 Å². The molecule has 1 aromatic rings. The average molecular weight is 1030 g/mol. The zero-order chi connectivity index (χ0) is 53.2. The van der Waals surface area contributed by atoms with E-state index in [0.717, 1.165) is 76.9 Å². The van der Waals surface area contributed by atoms with E-state index in [0.29, 0.717) is 69.1 Å². The van der Waals surface area contributed by atoms with E-state index in [2.05, 4.69) is 133 Å². The summed E-state index contributed by atoms with van der Waals surface area (Å²) in [5, 5.41) is 0. The van der Waals surface area contributed by atoms with Crippen molar-refractivity contribution in [1.82, 2.24) is 4.98 Å². The molecule has 420 valence electrons. The van der Waals surface area contributed by atoms with E-state index >= 15 is 0 Å². The van der Waals surface area contributed by atoms with Crippen LogP contribution in [0.2, 0.25) is 0 Å². The third-order valence-corrected chi connectivity index (χ3v) is 27.2. The number of rotatable bonds is 6. The molecule has 0 aliphatic heterocycles. The van der Waals surface area contributed by atoms with Gasteiger partial charge in [0.25, 0.3) is 0 Å². The molecule has 0 amide bonds. The lowest BCUT2D eigenvalue weighted by atomic mass is 9.44. The van der Waals surface area contributed by atoms with E-state index < -0.39 is 0 Å². The van der Waals surface area contributed by atoms with Gasteiger partial charge in [-0.25, -0.2) is 0 Å². The van der Waals surface area contributed by atoms with Crippen LogP contribution >= 0.6 is 0 Å². The topological polar surface area (TPSA) is 43.5 Å². The van der Waals surface area contributed by atoms with Crippen molar-refractivity contribution < 1.29 is 14.2 Å². The maximum atomic E-state index is 6.43. The van der Waals surface area contributed by atoms with Gasteiger partial charge in [-0.3, -0.25) is 0 Å². The normalized spacial score (nSPS) is 50.1. The fraction of sp³-hybridized carbons (Fsp3) is 0.859. The average Bonchev–Trinajstić information content (AvgIpc) is 4.11. The van der Waals surface area contributed by atoms with Crippen LogP contribution in [0.25, 0.3) is 0 Å². The minimum atomic E-state index is 0.365. The fourth-order valence-corrected chi connectivity index (χ4v) is 23.3. The van der Waals surface area contributed by atoms with Crippen LogP contribution in [0.3, 0.4) is 0 Å². The molecule has 0 radical (unpaired) electrons. The molecule has 1 aromatic heterocycles. The first-order valence-electron chi connectivity index (χ1n) is 32.7. The number of fused-ring (bicyclic) bond motifs is 16. The molecule has 10 saturated carbocycles. The van der Waals surface area contributed by atoms with Gasteiger partial charge < -0.3 is 19.2 Å². The Morgan fingerprint density at radius 2 is 0.933 bits per heavy atom. The number of aromatic amines is 1. The molecule has 4 nitrogen and oxygen atoms in total. The van der Waals surface area contributed by atoms with Crippen LogP contribution in [0.4, 0.5) is 0 Å². The van der Waals surface area contributed by atoms with Crippen molar-refractivity contribution in [3.8, 4) is 0 Å². The Bertz CT molecular complexity index is 2250. The summed E-state index contributed by atoms with van der Waals surface area (Å²) >= 11 is 0. The summed E-state index contributed by atoms with van der Waals surface area (Å²) in [6.45, 7) is 39.9. The molecular formula is C71H113NO3. The second kappa shape index (κ2) is 20.4. The number of allylic oxidation sites excluding steroid dienone is 4. The van der Waals surface area contributed by atoms with Gasteiger partial charge in [0, 0.05) is 11.9 Å². The molecule has 0 aromatic carbocycles. The van der Waals surface area contributed by atoms with Gasteiger partial charge in [-0.15, -0.1) is 0 Å². The van der Waals surface area contributed by atoms with Gasteiger partial charge in [0.1, 0.15) is 0 Å². The van der Waals surface area contributed by atoms with Gasteiger partial charge in [0.2, 0.25) is 0 Å². The molecule has 0 unspecified atom stereocenters. The summed E-state index contributed by atoms with van der Waals surface area (Å²) in [7, 11) is 0. The van der Waals surface area contributed by atoms with E-state index in [4.69, 9.17) is 14.2 Å². The lowest BCUT2D eigenvalue weighted by molar-refractivity contribution is -0.137. The minimum absolute atomic E-state index is 0.365. The van der Waals surface area contributed by atoms with Crippen molar-refractivity contribution >= 4 is 0 Å². The van der Waals surface area contributed by atoms with Crippen LogP contribution in [-0.4, -0.2) is 41.6 Å². The van der Waals surface area contributed by atoms with Gasteiger partial charge in [0.15, 0.2) is 0 Å². The number of ether oxygens (including phenoxy) is 3. The summed E-state index contributed by atoms with van der Waals surface area (Å²) in [4.78, 5) is 3.53.